The van der Waals surface area contributed by atoms with Crippen molar-refractivity contribution in [1.82, 2.24) is 5.32 Å². The minimum atomic E-state index is -1.09. The van der Waals surface area contributed by atoms with Gasteiger partial charge in [0.15, 0.2) is 0 Å². The first-order chi connectivity index (χ1) is 13.8. The van der Waals surface area contributed by atoms with E-state index in [1.807, 2.05) is 27.7 Å². The number of hydrogen-bond acceptors (Lipinski definition) is 7. The molecule has 9 nitrogen and oxygen atoms in total. The molecule has 7 N–H and O–H groups in total. The fourth-order valence-electron chi connectivity index (χ4n) is 3.50. The van der Waals surface area contributed by atoms with Crippen molar-refractivity contribution in [1.29, 1.82) is 0 Å². The summed E-state index contributed by atoms with van der Waals surface area (Å²) < 4.78 is 5.49. The Labute approximate surface area is 182 Å². The number of hydrogen-bond donors (Lipinski definition) is 5. The maximum Gasteiger partial charge on any atom is 0.320 e. The van der Waals surface area contributed by atoms with E-state index in [-0.39, 0.29) is 37.1 Å². The highest BCUT2D eigenvalue weighted by atomic mass is 32.2. The van der Waals surface area contributed by atoms with Crippen molar-refractivity contribution in [2.45, 2.75) is 75.6 Å². The lowest BCUT2D eigenvalue weighted by Crippen LogP contribution is -2.44. The molecule has 1 fully saturated rings. The molecule has 0 aromatic rings. The van der Waals surface area contributed by atoms with Gasteiger partial charge in [-0.25, -0.2) is 0 Å². The van der Waals surface area contributed by atoms with E-state index in [4.69, 9.17) is 21.3 Å². The molecule has 10 heteroatoms. The topological polar surface area (TPSA) is 165 Å². The van der Waals surface area contributed by atoms with E-state index >= 15 is 0 Å². The Morgan fingerprint density at radius 1 is 1.27 bits per heavy atom. The standard InChI is InChI=1S/C20H37N3O6S/c1-11(2)10-29-15-8-13(18(25)26)20(3,4)30-17(22)12(15)9-23-16(24)7-5-6-14(21)19(27)28/h11-15,17H,5-10,21-22H2,1-4H3,(H,23,24)(H,25,26)(H,27,28)/t12-,13+,14?,15?,17-/m1/s1. The van der Waals surface area contributed by atoms with Crippen LogP contribution in [0.1, 0.15) is 53.4 Å². The number of aliphatic carboxylic acids is 2. The zero-order chi connectivity index (χ0) is 23.1. The van der Waals surface area contributed by atoms with Crippen molar-refractivity contribution in [3.05, 3.63) is 0 Å². The van der Waals surface area contributed by atoms with Crippen LogP contribution in [-0.4, -0.2) is 63.5 Å². The molecule has 0 aromatic heterocycles. The molecule has 174 valence electrons. The number of nitrogens with two attached hydrogens (primary N) is 2. The number of carbonyl (C=O) groups is 3. The fraction of sp³-hybridized carbons (Fsp3) is 0.850. The quantitative estimate of drug-likeness (QED) is 0.313. The van der Waals surface area contributed by atoms with Gasteiger partial charge in [-0.15, -0.1) is 11.8 Å². The first kappa shape index (κ1) is 26.7. The number of amides is 1. The van der Waals surface area contributed by atoms with Crippen LogP contribution in [0.3, 0.4) is 0 Å². The Morgan fingerprint density at radius 2 is 1.90 bits per heavy atom. The molecule has 1 aliphatic heterocycles. The highest BCUT2D eigenvalue weighted by molar-refractivity contribution is 8.01. The van der Waals surface area contributed by atoms with E-state index in [1.54, 1.807) is 0 Å². The second kappa shape index (κ2) is 11.9. The highest BCUT2D eigenvalue weighted by Crippen LogP contribution is 2.44. The van der Waals surface area contributed by atoms with Gasteiger partial charge in [0, 0.05) is 30.2 Å². The molecule has 0 saturated carbocycles. The summed E-state index contributed by atoms with van der Waals surface area (Å²) in [6.07, 6.45) is 0.682. The Hall–Kier alpha value is -1.36. The number of carbonyl (C=O) groups excluding carboxylic acids is 1. The van der Waals surface area contributed by atoms with Gasteiger partial charge in [-0.2, -0.15) is 0 Å². The van der Waals surface area contributed by atoms with Crippen LogP contribution < -0.4 is 16.8 Å². The predicted molar refractivity (Wildman–Crippen MR) is 116 cm³/mol. The summed E-state index contributed by atoms with van der Waals surface area (Å²) in [7, 11) is 0. The first-order valence-corrected chi connectivity index (χ1v) is 11.3. The molecular formula is C20H37N3O6S. The third kappa shape index (κ3) is 8.41. The van der Waals surface area contributed by atoms with Crippen LogP contribution in [0.2, 0.25) is 0 Å². The van der Waals surface area contributed by atoms with E-state index in [0.717, 1.165) is 0 Å². The number of thioether (sulfide) groups is 1. The Kier molecular flexibility index (Phi) is 10.6. The third-order valence-corrected chi connectivity index (χ3v) is 6.87. The molecule has 1 rings (SSSR count). The molecule has 30 heavy (non-hydrogen) atoms. The molecule has 1 heterocycles. The summed E-state index contributed by atoms with van der Waals surface area (Å²) >= 11 is 1.41. The van der Waals surface area contributed by atoms with Crippen LogP contribution in [-0.2, 0) is 19.1 Å². The summed E-state index contributed by atoms with van der Waals surface area (Å²) in [5, 5.41) is 21.0. The van der Waals surface area contributed by atoms with Crippen molar-refractivity contribution in [2.24, 2.45) is 29.2 Å². The van der Waals surface area contributed by atoms with Crippen LogP contribution >= 0.6 is 11.8 Å². The molecule has 0 aliphatic carbocycles. The lowest BCUT2D eigenvalue weighted by molar-refractivity contribution is -0.145. The summed E-state index contributed by atoms with van der Waals surface area (Å²) in [4.78, 5) is 34.8. The Balaban J connectivity index is 2.79. The number of carboxylic acids is 2. The van der Waals surface area contributed by atoms with Crippen LogP contribution in [0.4, 0.5) is 0 Å². The second-order valence-electron chi connectivity index (χ2n) is 8.88. The number of ether oxygens (including phenoxy) is 1. The second-order valence-corrected chi connectivity index (χ2v) is 10.7. The molecule has 5 atom stereocenters. The normalized spacial score (nSPS) is 27.3. The maximum absolute atomic E-state index is 12.2. The van der Waals surface area contributed by atoms with Crippen molar-refractivity contribution in [3.63, 3.8) is 0 Å². The highest BCUT2D eigenvalue weighted by Gasteiger charge is 2.46. The minimum Gasteiger partial charge on any atom is -0.481 e. The Bertz CT molecular complexity index is 601. The Morgan fingerprint density at radius 3 is 2.43 bits per heavy atom. The molecule has 0 bridgehead atoms. The third-order valence-electron chi connectivity index (χ3n) is 5.36. The number of carboxylic acid groups (broad SMARTS) is 2. The van der Waals surface area contributed by atoms with E-state index in [9.17, 15) is 19.5 Å². The van der Waals surface area contributed by atoms with Crippen molar-refractivity contribution >= 4 is 29.6 Å². The fourth-order valence-corrected chi connectivity index (χ4v) is 5.01. The van der Waals surface area contributed by atoms with Gasteiger partial charge in [-0.05, 0) is 39.0 Å². The van der Waals surface area contributed by atoms with Gasteiger partial charge in [0.25, 0.3) is 0 Å². The molecule has 1 saturated heterocycles. The monoisotopic (exact) mass is 447 g/mol. The lowest BCUT2D eigenvalue weighted by atomic mass is 9.85. The molecular weight excluding hydrogens is 410 g/mol. The van der Waals surface area contributed by atoms with Gasteiger partial charge in [-0.1, -0.05) is 13.8 Å². The molecule has 1 aliphatic rings. The van der Waals surface area contributed by atoms with Gasteiger partial charge in [-0.3, -0.25) is 14.4 Å². The van der Waals surface area contributed by atoms with Crippen molar-refractivity contribution in [2.75, 3.05) is 13.2 Å². The minimum absolute atomic E-state index is 0.164. The maximum atomic E-state index is 12.2. The van der Waals surface area contributed by atoms with Crippen molar-refractivity contribution < 1.29 is 29.3 Å². The molecule has 0 radical (unpaired) electrons. The lowest BCUT2D eigenvalue weighted by Gasteiger charge is -2.31. The van der Waals surface area contributed by atoms with Crippen LogP contribution in [0.5, 0.6) is 0 Å². The predicted octanol–water partition coefficient (Wildman–Crippen LogP) is 1.24. The number of rotatable bonds is 11. The SMILES string of the molecule is CC(C)COC1C[C@@H](C(=O)O)C(C)(C)S[C@@H](N)[C@@H]1CNC(=O)CCCC(N)C(=O)O. The van der Waals surface area contributed by atoms with Crippen molar-refractivity contribution in [3.8, 4) is 0 Å². The zero-order valence-electron chi connectivity index (χ0n) is 18.3. The largest absolute Gasteiger partial charge is 0.481 e. The van der Waals surface area contributed by atoms with E-state index in [1.165, 1.54) is 11.8 Å². The van der Waals surface area contributed by atoms with E-state index < -0.39 is 40.1 Å². The zero-order valence-corrected chi connectivity index (χ0v) is 19.1. The van der Waals surface area contributed by atoms with Crippen LogP contribution in [0, 0.1) is 17.8 Å². The summed E-state index contributed by atoms with van der Waals surface area (Å²) in [5.41, 5.74) is 11.9. The van der Waals surface area contributed by atoms with Gasteiger partial charge < -0.3 is 31.7 Å². The van der Waals surface area contributed by atoms with Crippen LogP contribution in [0.25, 0.3) is 0 Å². The van der Waals surface area contributed by atoms with Gasteiger partial charge in [0.05, 0.1) is 17.4 Å². The molecule has 0 aromatic carbocycles. The summed E-state index contributed by atoms with van der Waals surface area (Å²) in [6, 6.07) is -0.978. The van der Waals surface area contributed by atoms with Crippen LogP contribution in [0.15, 0.2) is 0 Å². The smallest absolute Gasteiger partial charge is 0.320 e. The number of nitrogens with one attached hydrogen (secondary N) is 1. The summed E-state index contributed by atoms with van der Waals surface area (Å²) in [6.45, 7) is 8.53. The first-order valence-electron chi connectivity index (χ1n) is 10.4. The molecule has 1 amide bonds. The van der Waals surface area contributed by atoms with Gasteiger partial charge in [0.2, 0.25) is 5.91 Å². The van der Waals surface area contributed by atoms with E-state index in [2.05, 4.69) is 5.32 Å². The van der Waals surface area contributed by atoms with Gasteiger partial charge in [0.1, 0.15) is 6.04 Å². The van der Waals surface area contributed by atoms with Gasteiger partial charge >= 0.3 is 11.9 Å². The summed E-state index contributed by atoms with van der Waals surface area (Å²) in [5.74, 6) is -2.77. The molecule has 0 spiro atoms. The average molecular weight is 448 g/mol. The molecule has 2 unspecified atom stereocenters. The van der Waals surface area contributed by atoms with E-state index in [0.29, 0.717) is 19.4 Å². The average Bonchev–Trinajstić information content (AvgIpc) is 2.70.